The molecule has 2 aliphatic carbocycles. The van der Waals surface area contributed by atoms with Gasteiger partial charge in [0, 0.05) is 15.9 Å². The molecule has 3 aliphatic rings. The Kier molecular flexibility index (Phi) is 3.00. The van der Waals surface area contributed by atoms with Gasteiger partial charge in [0.05, 0.1) is 13.2 Å². The second-order valence-corrected chi connectivity index (χ2v) is 10.0. The molecule has 2 saturated carbocycles. The van der Waals surface area contributed by atoms with Crippen molar-refractivity contribution >= 4 is 31.4 Å². The van der Waals surface area contributed by atoms with Crippen LogP contribution in [0.3, 0.4) is 0 Å². The summed E-state index contributed by atoms with van der Waals surface area (Å²) in [5.74, 6) is 0.829. The summed E-state index contributed by atoms with van der Waals surface area (Å²) in [6.45, 7) is 2.32. The largest absolute Gasteiger partial charge is 0.396 e. The van der Waals surface area contributed by atoms with Gasteiger partial charge in [0.15, 0.2) is 0 Å². The van der Waals surface area contributed by atoms with Gasteiger partial charge in [-0.1, -0.05) is 28.5 Å². The van der Waals surface area contributed by atoms with E-state index in [0.29, 0.717) is 5.25 Å². The van der Waals surface area contributed by atoms with Gasteiger partial charge in [-0.3, -0.25) is 0 Å². The van der Waals surface area contributed by atoms with Gasteiger partial charge >= 0.3 is 0 Å². The molecule has 1 heterocycles. The Hall–Kier alpha value is 0.970. The molecule has 0 aromatic rings. The molecule has 0 aromatic heterocycles. The second kappa shape index (κ2) is 3.98. The zero-order valence-electron chi connectivity index (χ0n) is 9.39. The van der Waals surface area contributed by atoms with Gasteiger partial charge in [0.25, 0.3) is 0 Å². The molecule has 92 valence electrons. The average Bonchev–Trinajstić information content (AvgIpc) is 2.98. The van der Waals surface area contributed by atoms with Crippen molar-refractivity contribution in [2.45, 2.75) is 36.7 Å². The van der Waals surface area contributed by atoms with E-state index in [9.17, 15) is 10.2 Å². The van der Waals surface area contributed by atoms with Crippen LogP contribution in [0.5, 0.6) is 0 Å². The van der Waals surface area contributed by atoms with Crippen molar-refractivity contribution in [1.82, 2.24) is 0 Å². The van der Waals surface area contributed by atoms with E-state index in [1.807, 2.05) is 31.4 Å². The third-order valence-corrected chi connectivity index (χ3v) is 10.4. The summed E-state index contributed by atoms with van der Waals surface area (Å²) < 4.78 is 0. The molecular formula is C11H18O2S3. The third-order valence-electron chi connectivity index (χ3n) is 5.09. The van der Waals surface area contributed by atoms with Gasteiger partial charge in [-0.25, -0.2) is 0 Å². The maximum atomic E-state index is 9.70. The van der Waals surface area contributed by atoms with Crippen molar-refractivity contribution in [2.75, 3.05) is 13.2 Å². The Morgan fingerprint density at radius 3 is 2.75 bits per heavy atom. The maximum Gasteiger partial charge on any atom is 0.0512 e. The fraction of sp³-hybridized carbons (Fsp3) is 1.00. The lowest BCUT2D eigenvalue weighted by atomic mass is 9.63. The van der Waals surface area contributed by atoms with E-state index in [4.69, 9.17) is 0 Å². The fourth-order valence-electron chi connectivity index (χ4n) is 3.86. The first kappa shape index (κ1) is 12.0. The van der Waals surface area contributed by atoms with E-state index in [1.54, 1.807) is 0 Å². The SMILES string of the molecule is CC(CO)(CO)C12CCC(C1)C1SSSC12. The first-order valence-electron chi connectivity index (χ1n) is 5.87. The zero-order valence-corrected chi connectivity index (χ0v) is 11.8. The lowest BCUT2D eigenvalue weighted by Gasteiger charge is -2.47. The van der Waals surface area contributed by atoms with Crippen LogP contribution in [-0.4, -0.2) is 33.9 Å². The number of hydrogen-bond acceptors (Lipinski definition) is 5. The van der Waals surface area contributed by atoms with E-state index >= 15 is 0 Å². The lowest BCUT2D eigenvalue weighted by molar-refractivity contribution is -0.0381. The number of aliphatic hydroxyl groups is 2. The Balaban J connectivity index is 1.98. The monoisotopic (exact) mass is 278 g/mol. The van der Waals surface area contributed by atoms with E-state index in [2.05, 4.69) is 6.92 Å². The molecule has 0 aromatic carbocycles. The summed E-state index contributed by atoms with van der Waals surface area (Å²) in [5, 5.41) is 20.8. The molecule has 0 amide bonds. The molecule has 5 heteroatoms. The summed E-state index contributed by atoms with van der Waals surface area (Å²) >= 11 is 0. The molecule has 1 saturated heterocycles. The fourth-order valence-corrected chi connectivity index (χ4v) is 11.0. The molecule has 0 radical (unpaired) electrons. The van der Waals surface area contributed by atoms with Crippen molar-refractivity contribution in [3.8, 4) is 0 Å². The minimum absolute atomic E-state index is 0.120. The highest BCUT2D eigenvalue weighted by Gasteiger charge is 2.66. The molecule has 3 fully saturated rings. The number of hydrogen-bond donors (Lipinski definition) is 2. The highest BCUT2D eigenvalue weighted by molar-refractivity contribution is 9.11. The highest BCUT2D eigenvalue weighted by Crippen LogP contribution is 2.74. The van der Waals surface area contributed by atoms with E-state index in [1.165, 1.54) is 19.3 Å². The Morgan fingerprint density at radius 2 is 2.06 bits per heavy atom. The van der Waals surface area contributed by atoms with Gasteiger partial charge in [-0.15, -0.1) is 0 Å². The molecule has 3 rings (SSSR count). The lowest BCUT2D eigenvalue weighted by Crippen LogP contribution is -2.49. The molecular weight excluding hydrogens is 260 g/mol. The van der Waals surface area contributed by atoms with Crippen LogP contribution in [0.4, 0.5) is 0 Å². The topological polar surface area (TPSA) is 40.5 Å². The van der Waals surface area contributed by atoms with E-state index < -0.39 is 0 Å². The summed E-state index contributed by atoms with van der Waals surface area (Å²) in [5.41, 5.74) is -0.105. The van der Waals surface area contributed by atoms with Crippen molar-refractivity contribution in [3.05, 3.63) is 0 Å². The van der Waals surface area contributed by atoms with Crippen LogP contribution in [0, 0.1) is 16.7 Å². The Labute approximate surface area is 108 Å². The predicted octanol–water partition coefficient (Wildman–Crippen LogP) is 2.56. The predicted molar refractivity (Wildman–Crippen MR) is 72.4 cm³/mol. The molecule has 16 heavy (non-hydrogen) atoms. The number of rotatable bonds is 3. The van der Waals surface area contributed by atoms with Crippen LogP contribution < -0.4 is 0 Å². The van der Waals surface area contributed by atoms with Crippen molar-refractivity contribution < 1.29 is 10.2 Å². The second-order valence-electron chi connectivity index (χ2n) is 5.68. The number of fused-ring (bicyclic) bond motifs is 5. The van der Waals surface area contributed by atoms with Crippen molar-refractivity contribution in [3.63, 3.8) is 0 Å². The number of aliphatic hydroxyl groups excluding tert-OH is 2. The first-order chi connectivity index (χ1) is 7.67. The van der Waals surface area contributed by atoms with Crippen LogP contribution in [0.15, 0.2) is 0 Å². The normalized spacial score (nSPS) is 46.3. The van der Waals surface area contributed by atoms with Crippen LogP contribution in [-0.2, 0) is 0 Å². The third kappa shape index (κ3) is 1.32. The summed E-state index contributed by atoms with van der Waals surface area (Å²) in [6, 6.07) is 0. The zero-order chi connectivity index (χ0) is 11.4. The minimum atomic E-state index is -0.292. The molecule has 2 N–H and O–H groups in total. The van der Waals surface area contributed by atoms with Crippen LogP contribution in [0.25, 0.3) is 0 Å². The van der Waals surface area contributed by atoms with Gasteiger partial charge in [-0.05, 0) is 40.4 Å². The van der Waals surface area contributed by atoms with E-state index in [0.717, 1.165) is 11.2 Å². The smallest absolute Gasteiger partial charge is 0.0512 e. The molecule has 2 bridgehead atoms. The maximum absolute atomic E-state index is 9.70. The van der Waals surface area contributed by atoms with Gasteiger partial charge in [0.1, 0.15) is 0 Å². The minimum Gasteiger partial charge on any atom is -0.396 e. The summed E-state index contributed by atoms with van der Waals surface area (Å²) in [4.78, 5) is 0. The van der Waals surface area contributed by atoms with Crippen LogP contribution in [0.2, 0.25) is 0 Å². The molecule has 0 spiro atoms. The van der Waals surface area contributed by atoms with Gasteiger partial charge in [-0.2, -0.15) is 0 Å². The molecule has 4 unspecified atom stereocenters. The van der Waals surface area contributed by atoms with Gasteiger partial charge < -0.3 is 10.2 Å². The Morgan fingerprint density at radius 1 is 1.31 bits per heavy atom. The van der Waals surface area contributed by atoms with Crippen LogP contribution >= 0.6 is 31.4 Å². The van der Waals surface area contributed by atoms with Crippen molar-refractivity contribution in [2.24, 2.45) is 16.7 Å². The summed E-state index contributed by atoms with van der Waals surface area (Å²) in [7, 11) is 5.94. The molecule has 1 aliphatic heterocycles. The average molecular weight is 278 g/mol. The van der Waals surface area contributed by atoms with Gasteiger partial charge in [0.2, 0.25) is 0 Å². The Bertz CT molecular complexity index is 295. The van der Waals surface area contributed by atoms with Crippen LogP contribution in [0.1, 0.15) is 26.2 Å². The first-order valence-corrected chi connectivity index (χ1v) is 9.48. The molecule has 2 nitrogen and oxygen atoms in total. The standard InChI is InChI=1S/C11H18O2S3/c1-10(5-12,6-13)11-3-2-7(4-11)8-9(11)15-16-14-8/h7-9,12-13H,2-6H2,1H3. The molecule has 4 atom stereocenters. The highest BCUT2D eigenvalue weighted by atomic mass is 33.5. The quantitative estimate of drug-likeness (QED) is 0.777. The summed E-state index contributed by atoms with van der Waals surface area (Å²) in [6.07, 6.45) is 3.72. The van der Waals surface area contributed by atoms with E-state index in [-0.39, 0.29) is 24.0 Å². The van der Waals surface area contributed by atoms with Crippen molar-refractivity contribution in [1.29, 1.82) is 0 Å².